The number of aryl methyl sites for hydroxylation is 1. The van der Waals surface area contributed by atoms with E-state index < -0.39 is 5.91 Å². The van der Waals surface area contributed by atoms with Gasteiger partial charge < -0.3 is 11.1 Å². The number of anilines is 2. The maximum atomic E-state index is 11.8. The molecular weight excluding hydrogens is 330 g/mol. The lowest BCUT2D eigenvalue weighted by Crippen LogP contribution is -2.09. The lowest BCUT2D eigenvalue weighted by molar-refractivity contribution is -0.114. The molecule has 0 unspecified atom stereocenters. The first kappa shape index (κ1) is 17.2. The Morgan fingerprint density at radius 3 is 2.73 bits per heavy atom. The minimum atomic E-state index is -0.433. The van der Waals surface area contributed by atoms with Crippen LogP contribution in [-0.2, 0) is 9.59 Å². The molecule has 3 aromatic rings. The van der Waals surface area contributed by atoms with Gasteiger partial charge in [-0.2, -0.15) is 0 Å². The molecule has 0 atom stereocenters. The molecule has 3 heterocycles. The first-order chi connectivity index (χ1) is 12.4. The summed E-state index contributed by atoms with van der Waals surface area (Å²) in [6, 6.07) is 5.48. The van der Waals surface area contributed by atoms with Crippen molar-refractivity contribution in [3.63, 3.8) is 0 Å². The van der Waals surface area contributed by atoms with Gasteiger partial charge in [-0.15, -0.1) is 0 Å². The van der Waals surface area contributed by atoms with Gasteiger partial charge in [-0.05, 0) is 49.1 Å². The number of nitrogen functional groups attached to an aromatic ring is 1. The van der Waals surface area contributed by atoms with Crippen molar-refractivity contribution in [2.24, 2.45) is 0 Å². The standard InChI is InChI=1S/C19H17N5O2/c1-11-5-6-21-9-14(11)16-7-13-8-17(22-10-15(13)19(20)23-16)24-18(26)4-3-12(2)25/h3-10H,1-2H3,(H2,20,23)(H,22,24,26)/b4-3-. The molecule has 0 aliphatic rings. The number of fused-ring (bicyclic) bond motifs is 1. The molecule has 26 heavy (non-hydrogen) atoms. The van der Waals surface area contributed by atoms with E-state index in [4.69, 9.17) is 5.73 Å². The molecule has 7 nitrogen and oxygen atoms in total. The molecule has 0 aliphatic carbocycles. The van der Waals surface area contributed by atoms with Crippen molar-refractivity contribution in [2.75, 3.05) is 11.1 Å². The van der Waals surface area contributed by atoms with Crippen LogP contribution in [-0.4, -0.2) is 26.6 Å². The number of carbonyl (C=O) groups is 2. The number of aromatic nitrogens is 3. The van der Waals surface area contributed by atoms with E-state index in [9.17, 15) is 9.59 Å². The maximum Gasteiger partial charge on any atom is 0.249 e. The molecule has 0 bridgehead atoms. The normalized spacial score (nSPS) is 11.0. The Hall–Kier alpha value is -3.61. The Kier molecular flexibility index (Phi) is 4.70. The molecule has 0 fully saturated rings. The van der Waals surface area contributed by atoms with E-state index in [0.29, 0.717) is 22.7 Å². The molecule has 3 aromatic heterocycles. The fourth-order valence-corrected chi connectivity index (χ4v) is 2.47. The second-order valence-electron chi connectivity index (χ2n) is 5.81. The third-order valence-corrected chi connectivity index (χ3v) is 3.78. The van der Waals surface area contributed by atoms with Crippen molar-refractivity contribution >= 4 is 34.1 Å². The number of nitrogens with zero attached hydrogens (tertiary/aromatic N) is 3. The highest BCUT2D eigenvalue weighted by Crippen LogP contribution is 2.28. The van der Waals surface area contributed by atoms with Gasteiger partial charge in [0.1, 0.15) is 11.6 Å². The highest BCUT2D eigenvalue weighted by molar-refractivity contribution is 6.04. The van der Waals surface area contributed by atoms with Crippen LogP contribution in [0.3, 0.4) is 0 Å². The predicted molar refractivity (Wildman–Crippen MR) is 100 cm³/mol. The molecule has 0 saturated carbocycles. The van der Waals surface area contributed by atoms with Gasteiger partial charge in [0.2, 0.25) is 5.91 Å². The second-order valence-corrected chi connectivity index (χ2v) is 5.81. The van der Waals surface area contributed by atoms with Gasteiger partial charge in [0, 0.05) is 35.6 Å². The van der Waals surface area contributed by atoms with Crippen molar-refractivity contribution < 1.29 is 9.59 Å². The minimum absolute atomic E-state index is 0.207. The molecular formula is C19H17N5O2. The van der Waals surface area contributed by atoms with Crippen LogP contribution >= 0.6 is 0 Å². The van der Waals surface area contributed by atoms with Gasteiger partial charge in [-0.3, -0.25) is 14.6 Å². The van der Waals surface area contributed by atoms with Crippen LogP contribution in [0.15, 0.2) is 48.9 Å². The van der Waals surface area contributed by atoms with Crippen LogP contribution in [0.5, 0.6) is 0 Å². The summed E-state index contributed by atoms with van der Waals surface area (Å²) >= 11 is 0. The zero-order valence-corrected chi connectivity index (χ0v) is 14.4. The van der Waals surface area contributed by atoms with Gasteiger partial charge in [0.25, 0.3) is 0 Å². The van der Waals surface area contributed by atoms with Gasteiger partial charge in [0.15, 0.2) is 5.78 Å². The van der Waals surface area contributed by atoms with Gasteiger partial charge in [-0.25, -0.2) is 9.97 Å². The largest absolute Gasteiger partial charge is 0.383 e. The van der Waals surface area contributed by atoms with Crippen molar-refractivity contribution in [1.29, 1.82) is 0 Å². The number of hydrogen-bond donors (Lipinski definition) is 2. The molecule has 3 N–H and O–H groups in total. The smallest absolute Gasteiger partial charge is 0.249 e. The van der Waals surface area contributed by atoms with Crippen LogP contribution in [0, 0.1) is 6.92 Å². The molecule has 0 radical (unpaired) electrons. The summed E-state index contributed by atoms with van der Waals surface area (Å²) in [7, 11) is 0. The number of hydrogen-bond acceptors (Lipinski definition) is 6. The Balaban J connectivity index is 1.99. The van der Waals surface area contributed by atoms with Crippen LogP contribution in [0.1, 0.15) is 12.5 Å². The molecule has 0 aromatic carbocycles. The average Bonchev–Trinajstić information content (AvgIpc) is 2.60. The molecule has 130 valence electrons. The van der Waals surface area contributed by atoms with E-state index in [1.165, 1.54) is 19.1 Å². The molecule has 0 spiro atoms. The Labute approximate surface area is 150 Å². The summed E-state index contributed by atoms with van der Waals surface area (Å²) in [4.78, 5) is 35.5. The van der Waals surface area contributed by atoms with Crippen LogP contribution in [0.2, 0.25) is 0 Å². The Morgan fingerprint density at radius 2 is 2.00 bits per heavy atom. The average molecular weight is 347 g/mol. The summed E-state index contributed by atoms with van der Waals surface area (Å²) in [5.74, 6) is 0.0668. The zero-order valence-electron chi connectivity index (χ0n) is 14.4. The molecule has 0 saturated heterocycles. The second kappa shape index (κ2) is 7.10. The van der Waals surface area contributed by atoms with Crippen molar-refractivity contribution in [1.82, 2.24) is 15.0 Å². The van der Waals surface area contributed by atoms with E-state index in [2.05, 4.69) is 20.3 Å². The number of rotatable bonds is 4. The third kappa shape index (κ3) is 3.72. The fraction of sp³-hybridized carbons (Fsp3) is 0.105. The topological polar surface area (TPSA) is 111 Å². The minimum Gasteiger partial charge on any atom is -0.383 e. The van der Waals surface area contributed by atoms with Crippen LogP contribution in [0.4, 0.5) is 11.6 Å². The highest BCUT2D eigenvalue weighted by Gasteiger charge is 2.10. The van der Waals surface area contributed by atoms with Gasteiger partial charge in [0.05, 0.1) is 5.69 Å². The number of pyridine rings is 3. The molecule has 7 heteroatoms. The first-order valence-corrected chi connectivity index (χ1v) is 7.91. The summed E-state index contributed by atoms with van der Waals surface area (Å²) in [5, 5.41) is 4.09. The SMILES string of the molecule is CC(=O)/C=C\C(=O)Nc1cc2cc(-c3cnccc3C)nc(N)c2cn1. The van der Waals surface area contributed by atoms with E-state index >= 15 is 0 Å². The van der Waals surface area contributed by atoms with E-state index in [0.717, 1.165) is 16.5 Å². The quantitative estimate of drug-likeness (QED) is 0.702. The molecule has 0 aliphatic heterocycles. The fourth-order valence-electron chi connectivity index (χ4n) is 2.47. The number of amides is 1. The van der Waals surface area contributed by atoms with Crippen molar-refractivity contribution in [3.8, 4) is 11.3 Å². The van der Waals surface area contributed by atoms with Gasteiger partial charge >= 0.3 is 0 Å². The Bertz CT molecular complexity index is 1040. The summed E-state index contributed by atoms with van der Waals surface area (Å²) in [6.45, 7) is 3.34. The number of nitrogens with two attached hydrogens (primary N) is 1. The van der Waals surface area contributed by atoms with E-state index in [-0.39, 0.29) is 5.78 Å². The summed E-state index contributed by atoms with van der Waals surface area (Å²) in [5.41, 5.74) is 8.68. The van der Waals surface area contributed by atoms with Gasteiger partial charge in [-0.1, -0.05) is 0 Å². The first-order valence-electron chi connectivity index (χ1n) is 7.91. The zero-order chi connectivity index (χ0) is 18.7. The lowest BCUT2D eigenvalue weighted by Gasteiger charge is -2.09. The van der Waals surface area contributed by atoms with Crippen molar-refractivity contribution in [2.45, 2.75) is 13.8 Å². The number of carbonyl (C=O) groups excluding carboxylic acids is 2. The van der Waals surface area contributed by atoms with E-state index in [1.54, 1.807) is 24.7 Å². The lowest BCUT2D eigenvalue weighted by atomic mass is 10.1. The number of ketones is 1. The predicted octanol–water partition coefficient (Wildman–Crippen LogP) is 2.67. The number of nitrogens with one attached hydrogen (secondary N) is 1. The van der Waals surface area contributed by atoms with Crippen LogP contribution in [0.25, 0.3) is 22.0 Å². The third-order valence-electron chi connectivity index (χ3n) is 3.78. The van der Waals surface area contributed by atoms with Crippen molar-refractivity contribution in [3.05, 3.63) is 54.5 Å². The number of allylic oxidation sites excluding steroid dienone is 1. The van der Waals surface area contributed by atoms with E-state index in [1.807, 2.05) is 19.1 Å². The summed E-state index contributed by atoms with van der Waals surface area (Å²) in [6.07, 6.45) is 7.37. The monoisotopic (exact) mass is 347 g/mol. The van der Waals surface area contributed by atoms with Crippen LogP contribution < -0.4 is 11.1 Å². The summed E-state index contributed by atoms with van der Waals surface area (Å²) < 4.78 is 0. The highest BCUT2D eigenvalue weighted by atomic mass is 16.1. The maximum absolute atomic E-state index is 11.8. The Morgan fingerprint density at radius 1 is 1.19 bits per heavy atom. The molecule has 3 rings (SSSR count). The molecule has 1 amide bonds.